The molecule has 0 aromatic heterocycles. The van der Waals surface area contributed by atoms with Crippen LogP contribution in [-0.2, 0) is 14.1 Å². The van der Waals surface area contributed by atoms with Gasteiger partial charge in [0.05, 0.1) is 23.2 Å². The molecular weight excluding hydrogens is 556 g/mol. The number of carbonyl (C=O) groups is 2. The van der Waals surface area contributed by atoms with E-state index in [1.807, 2.05) is 0 Å². The number of hydrazine groups is 1. The molecule has 3 saturated carbocycles. The van der Waals surface area contributed by atoms with E-state index in [-0.39, 0.29) is 54.3 Å². The van der Waals surface area contributed by atoms with Crippen LogP contribution in [-0.4, -0.2) is 54.0 Å². The second-order valence-electron chi connectivity index (χ2n) is 13.7. The number of nitrogens with two attached hydrogens (primary N) is 1. The zero-order chi connectivity index (χ0) is 31.7. The van der Waals surface area contributed by atoms with Crippen molar-refractivity contribution in [2.45, 2.75) is 97.7 Å². The van der Waals surface area contributed by atoms with E-state index in [4.69, 9.17) is 15.0 Å². The minimum Gasteiger partial charge on any atom is -0.404 e. The molecule has 1 saturated heterocycles. The Labute approximate surface area is 253 Å². The van der Waals surface area contributed by atoms with Crippen molar-refractivity contribution in [3.63, 3.8) is 0 Å². The first-order chi connectivity index (χ1) is 20.1. The molecule has 0 spiro atoms. The van der Waals surface area contributed by atoms with Gasteiger partial charge in [-0.1, -0.05) is 44.8 Å². The predicted molar refractivity (Wildman–Crippen MR) is 161 cm³/mol. The Balaban J connectivity index is 1.49. The summed E-state index contributed by atoms with van der Waals surface area (Å²) in [5, 5.41) is 12.9. The van der Waals surface area contributed by atoms with E-state index >= 15 is 0 Å². The monoisotopic (exact) mass is 601 g/mol. The topological polar surface area (TPSA) is 158 Å². The lowest BCUT2D eigenvalue weighted by Gasteiger charge is -2.64. The first kappa shape index (κ1) is 32.9. The van der Waals surface area contributed by atoms with Gasteiger partial charge in [0.15, 0.2) is 10.8 Å². The molecule has 4 fully saturated rings. The Morgan fingerprint density at radius 2 is 2.00 bits per heavy atom. The number of Topliss-reactive ketones (excluding diaryl/α,β-unsaturated/α-hetero) is 1. The molecule has 6 atom stereocenters. The van der Waals surface area contributed by atoms with Crippen LogP contribution in [0.5, 0.6) is 0 Å². The number of carbonyl (C=O) groups excluding carboxylic acids is 2. The van der Waals surface area contributed by atoms with E-state index in [1.165, 1.54) is 12.1 Å². The number of amides is 1. The third-order valence-corrected chi connectivity index (χ3v) is 9.77. The molecule has 1 aromatic carbocycles. The van der Waals surface area contributed by atoms with Gasteiger partial charge in [-0.3, -0.25) is 9.59 Å². The summed E-state index contributed by atoms with van der Waals surface area (Å²) in [6.45, 7) is 12.7. The molecule has 1 aliphatic heterocycles. The number of hydrogen-bond acceptors (Lipinski definition) is 7. The van der Waals surface area contributed by atoms with Gasteiger partial charge in [0.25, 0.3) is 5.96 Å². The lowest BCUT2D eigenvalue weighted by molar-refractivity contribution is -0.525. The van der Waals surface area contributed by atoms with Gasteiger partial charge in [0.1, 0.15) is 5.82 Å². The number of rotatable bonds is 13. The minimum atomic E-state index is -0.812. The highest BCUT2D eigenvalue weighted by molar-refractivity contribution is 6.47. The number of nitro groups is 1. The van der Waals surface area contributed by atoms with Gasteiger partial charge in [-0.25, -0.2) is 19.5 Å². The summed E-state index contributed by atoms with van der Waals surface area (Å²) < 4.78 is 27.7. The highest BCUT2D eigenvalue weighted by Crippen LogP contribution is 2.65. The fourth-order valence-corrected chi connectivity index (χ4v) is 7.30. The average Bonchev–Trinajstić information content (AvgIpc) is 3.27. The van der Waals surface area contributed by atoms with Crippen molar-refractivity contribution in [3.8, 4) is 0 Å². The summed E-state index contributed by atoms with van der Waals surface area (Å²) in [5.41, 5.74) is 7.70. The fraction of sp³-hybridized carbons (Fsp3) is 0.700. The third kappa shape index (κ3) is 7.20. The highest BCUT2D eigenvalue weighted by Gasteiger charge is 2.68. The lowest BCUT2D eigenvalue weighted by atomic mass is 9.43. The number of halogens is 1. The summed E-state index contributed by atoms with van der Waals surface area (Å²) in [7, 11) is -0.625. The Bertz CT molecular complexity index is 1260. The maximum Gasteiger partial charge on any atom is 0.481 e. The molecule has 11 nitrogen and oxygen atoms in total. The van der Waals surface area contributed by atoms with Gasteiger partial charge in [-0.05, 0) is 81.3 Å². The zero-order valence-electron chi connectivity index (χ0n) is 26.0. The molecule has 0 unspecified atom stereocenters. The zero-order valence-corrected chi connectivity index (χ0v) is 26.0. The minimum absolute atomic E-state index is 0.0430. The number of guanidine groups is 1. The maximum atomic E-state index is 14.6. The van der Waals surface area contributed by atoms with Crippen LogP contribution in [0.15, 0.2) is 23.2 Å². The van der Waals surface area contributed by atoms with Gasteiger partial charge in [-0.15, -0.1) is 0 Å². The Kier molecular flexibility index (Phi) is 9.85. The van der Waals surface area contributed by atoms with Gasteiger partial charge >= 0.3 is 7.12 Å². The first-order valence-electron chi connectivity index (χ1n) is 15.3. The molecule has 2 bridgehead atoms. The van der Waals surface area contributed by atoms with Crippen LogP contribution >= 0.6 is 0 Å². The van der Waals surface area contributed by atoms with Gasteiger partial charge in [0.2, 0.25) is 5.91 Å². The third-order valence-electron chi connectivity index (χ3n) is 9.77. The van der Waals surface area contributed by atoms with E-state index in [9.17, 15) is 24.1 Å². The molecule has 4 aliphatic rings. The Hall–Kier alpha value is -3.06. The van der Waals surface area contributed by atoms with Crippen molar-refractivity contribution < 1.29 is 28.3 Å². The molecule has 5 rings (SSSR count). The quantitative estimate of drug-likeness (QED) is 0.0582. The summed E-state index contributed by atoms with van der Waals surface area (Å²) >= 11 is 0. The number of nitrogens with zero attached hydrogens (tertiary/aromatic N) is 2. The van der Waals surface area contributed by atoms with Crippen LogP contribution in [0, 0.1) is 51.9 Å². The molecule has 236 valence electrons. The molecule has 0 radical (unpaired) electrons. The van der Waals surface area contributed by atoms with E-state index in [1.54, 1.807) is 18.4 Å². The van der Waals surface area contributed by atoms with Crippen LogP contribution in [0.1, 0.15) is 89.1 Å². The SMILES string of the molecule is Cc1ccc(F)c(C(=O)C[C@@H](CCCN=C(N)N[N+](=O)[O-])C(=O)N[C@@H](CC(C)C)B2O[C@@H]3C[C@H]4C[C@H](C4(C)C)[C@]3(C)O2)c1. The Morgan fingerprint density at radius 1 is 1.28 bits per heavy atom. The summed E-state index contributed by atoms with van der Waals surface area (Å²) in [5.74, 6) is -1.88. The van der Waals surface area contributed by atoms with Crippen molar-refractivity contribution in [3.05, 3.63) is 45.3 Å². The fourth-order valence-electron chi connectivity index (χ4n) is 7.30. The average molecular weight is 602 g/mol. The van der Waals surface area contributed by atoms with Gasteiger partial charge in [0, 0.05) is 18.9 Å². The summed E-state index contributed by atoms with van der Waals surface area (Å²) in [4.78, 5) is 41.6. The second-order valence-corrected chi connectivity index (χ2v) is 13.7. The maximum absolute atomic E-state index is 14.6. The van der Waals surface area contributed by atoms with E-state index in [0.29, 0.717) is 24.7 Å². The van der Waals surface area contributed by atoms with Crippen molar-refractivity contribution in [2.75, 3.05) is 6.54 Å². The number of benzene rings is 1. The number of hydrogen-bond donors (Lipinski definition) is 3. The summed E-state index contributed by atoms with van der Waals surface area (Å²) in [6.07, 6.45) is 2.95. The number of aliphatic imine (C=N–C) groups is 1. The molecule has 1 heterocycles. The van der Waals surface area contributed by atoms with Gasteiger partial charge in [-0.2, -0.15) is 0 Å². The predicted octanol–water partition coefficient (Wildman–Crippen LogP) is 4.00. The van der Waals surface area contributed by atoms with Crippen molar-refractivity contribution in [2.24, 2.45) is 39.8 Å². The normalized spacial score (nSPS) is 27.2. The van der Waals surface area contributed by atoms with Crippen LogP contribution in [0.3, 0.4) is 0 Å². The van der Waals surface area contributed by atoms with Crippen molar-refractivity contribution in [1.29, 1.82) is 0 Å². The largest absolute Gasteiger partial charge is 0.481 e. The standard InChI is InChI=1S/C30H45BFN5O6/c1-17(2)12-26(31-42-25-16-20-15-24(29(20,4)5)30(25,6)43-31)35-27(39)19(8-7-11-34-28(33)36-37(40)41)14-23(38)21-13-18(3)9-10-22(21)32/h9-10,13,17,19-20,24-26H,7-8,11-12,14-16H2,1-6H3,(H,35,39)(H3,33,34,36)/t19-,20-,24-,25-,26+,30+/m1/s1. The molecular formula is C30H45BFN5O6. The summed E-state index contributed by atoms with van der Waals surface area (Å²) in [6, 6.07) is 4.31. The molecule has 43 heavy (non-hydrogen) atoms. The van der Waals surface area contributed by atoms with Crippen LogP contribution in [0.25, 0.3) is 0 Å². The second kappa shape index (κ2) is 12.9. The Morgan fingerprint density at radius 3 is 2.65 bits per heavy atom. The highest BCUT2D eigenvalue weighted by atomic mass is 19.1. The lowest BCUT2D eigenvalue weighted by Crippen LogP contribution is -2.65. The molecule has 3 aliphatic carbocycles. The molecule has 1 amide bonds. The van der Waals surface area contributed by atoms with Gasteiger partial charge < -0.3 is 20.4 Å². The molecule has 13 heteroatoms. The van der Waals surface area contributed by atoms with E-state index < -0.39 is 41.2 Å². The molecule has 1 aromatic rings. The van der Waals surface area contributed by atoms with Crippen molar-refractivity contribution in [1.82, 2.24) is 10.7 Å². The van der Waals surface area contributed by atoms with Crippen LogP contribution in [0.4, 0.5) is 4.39 Å². The van der Waals surface area contributed by atoms with Crippen LogP contribution in [0.2, 0.25) is 0 Å². The number of aryl methyl sites for hydroxylation is 1. The first-order valence-corrected chi connectivity index (χ1v) is 15.3. The smallest absolute Gasteiger partial charge is 0.404 e. The van der Waals surface area contributed by atoms with E-state index in [0.717, 1.165) is 18.4 Å². The molecule has 4 N–H and O–H groups in total. The number of ketones is 1. The number of nitrogens with one attached hydrogen (secondary N) is 2. The van der Waals surface area contributed by atoms with Crippen molar-refractivity contribution >= 4 is 24.8 Å². The van der Waals surface area contributed by atoms with Crippen LogP contribution < -0.4 is 16.5 Å². The van der Waals surface area contributed by atoms with E-state index in [2.05, 4.69) is 44.9 Å².